The van der Waals surface area contributed by atoms with Crippen LogP contribution in [0.2, 0.25) is 0 Å². The zero-order chi connectivity index (χ0) is 12.6. The summed E-state index contributed by atoms with van der Waals surface area (Å²) in [7, 11) is 0. The first-order chi connectivity index (χ1) is 8.04. The summed E-state index contributed by atoms with van der Waals surface area (Å²) in [6.07, 6.45) is 0. The van der Waals surface area contributed by atoms with Crippen molar-refractivity contribution in [2.75, 3.05) is 0 Å². The highest BCUT2D eigenvalue weighted by Crippen LogP contribution is 2.19. The van der Waals surface area contributed by atoms with Crippen LogP contribution in [0.5, 0.6) is 0 Å². The van der Waals surface area contributed by atoms with Crippen molar-refractivity contribution < 1.29 is 4.39 Å². The van der Waals surface area contributed by atoms with E-state index in [0.717, 1.165) is 17.0 Å². The predicted molar refractivity (Wildman–Crippen MR) is 62.4 cm³/mol. The highest BCUT2D eigenvalue weighted by atomic mass is 19.1. The highest BCUT2D eigenvalue weighted by Gasteiger charge is 2.12. The van der Waals surface area contributed by atoms with Crippen molar-refractivity contribution in [1.29, 1.82) is 5.26 Å². The van der Waals surface area contributed by atoms with Gasteiger partial charge in [0.2, 0.25) is 0 Å². The molecule has 0 spiro atoms. The molecule has 3 nitrogen and oxygen atoms in total. The molecular formula is C13H12FN3. The van der Waals surface area contributed by atoms with E-state index in [9.17, 15) is 4.39 Å². The summed E-state index contributed by atoms with van der Waals surface area (Å²) in [6, 6.07) is 6.29. The average molecular weight is 229 g/mol. The van der Waals surface area contributed by atoms with Crippen molar-refractivity contribution in [2.24, 2.45) is 0 Å². The van der Waals surface area contributed by atoms with E-state index in [0.29, 0.717) is 11.3 Å². The molecule has 86 valence electrons. The molecule has 1 aromatic heterocycles. The van der Waals surface area contributed by atoms with Crippen LogP contribution in [0.25, 0.3) is 5.69 Å². The van der Waals surface area contributed by atoms with E-state index in [2.05, 4.69) is 5.10 Å². The zero-order valence-electron chi connectivity index (χ0n) is 9.95. The van der Waals surface area contributed by atoms with E-state index in [1.165, 1.54) is 6.07 Å². The largest absolute Gasteiger partial charge is 0.235 e. The molecule has 0 N–H and O–H groups in total. The van der Waals surface area contributed by atoms with Crippen molar-refractivity contribution in [3.05, 3.63) is 46.5 Å². The van der Waals surface area contributed by atoms with E-state index >= 15 is 0 Å². The number of halogens is 1. The van der Waals surface area contributed by atoms with Crippen molar-refractivity contribution in [3.8, 4) is 11.8 Å². The van der Waals surface area contributed by atoms with Crippen LogP contribution in [0.1, 0.15) is 22.5 Å². The fourth-order valence-electron chi connectivity index (χ4n) is 1.70. The number of nitriles is 1. The summed E-state index contributed by atoms with van der Waals surface area (Å²) in [4.78, 5) is 0. The Balaban J connectivity index is 2.62. The minimum atomic E-state index is -0.436. The van der Waals surface area contributed by atoms with Gasteiger partial charge in [-0.3, -0.25) is 0 Å². The third kappa shape index (κ3) is 1.80. The monoisotopic (exact) mass is 229 g/mol. The van der Waals surface area contributed by atoms with Gasteiger partial charge in [-0.1, -0.05) is 0 Å². The summed E-state index contributed by atoms with van der Waals surface area (Å²) in [5, 5.41) is 13.0. The van der Waals surface area contributed by atoms with Gasteiger partial charge in [0.1, 0.15) is 11.5 Å². The molecule has 0 unspecified atom stereocenters. The van der Waals surface area contributed by atoms with Crippen LogP contribution in [-0.4, -0.2) is 9.78 Å². The minimum absolute atomic E-state index is 0.310. The van der Waals surface area contributed by atoms with Gasteiger partial charge in [0.25, 0.3) is 0 Å². The predicted octanol–water partition coefficient (Wildman–Crippen LogP) is 2.81. The van der Waals surface area contributed by atoms with Crippen molar-refractivity contribution >= 4 is 0 Å². The molecule has 0 amide bonds. The Morgan fingerprint density at radius 3 is 2.47 bits per heavy atom. The van der Waals surface area contributed by atoms with Crippen LogP contribution in [-0.2, 0) is 0 Å². The maximum atomic E-state index is 13.8. The highest BCUT2D eigenvalue weighted by molar-refractivity contribution is 5.42. The van der Waals surface area contributed by atoms with Gasteiger partial charge in [0.15, 0.2) is 0 Å². The van der Waals surface area contributed by atoms with Gasteiger partial charge in [-0.25, -0.2) is 9.07 Å². The summed E-state index contributed by atoms with van der Waals surface area (Å²) in [6.45, 7) is 5.74. The van der Waals surface area contributed by atoms with Crippen LogP contribution in [0.4, 0.5) is 4.39 Å². The standard InChI is InChI=1S/C13H12FN3/c1-8-9(2)16-17(10(8)3)13-5-4-11(7-15)6-12(13)14/h4-6H,1-3H3. The zero-order valence-corrected chi connectivity index (χ0v) is 9.95. The number of aryl methyl sites for hydroxylation is 1. The van der Waals surface area contributed by atoms with Gasteiger partial charge in [0, 0.05) is 5.69 Å². The van der Waals surface area contributed by atoms with Gasteiger partial charge in [-0.15, -0.1) is 0 Å². The number of hydrogen-bond acceptors (Lipinski definition) is 2. The summed E-state index contributed by atoms with van der Waals surface area (Å²) < 4.78 is 15.4. The Hall–Kier alpha value is -2.15. The summed E-state index contributed by atoms with van der Waals surface area (Å²) in [5.41, 5.74) is 3.52. The van der Waals surface area contributed by atoms with Crippen LogP contribution in [0.15, 0.2) is 18.2 Å². The lowest BCUT2D eigenvalue weighted by Crippen LogP contribution is -2.02. The van der Waals surface area contributed by atoms with E-state index in [1.807, 2.05) is 26.8 Å². The molecule has 0 atom stereocenters. The van der Waals surface area contributed by atoms with Gasteiger partial charge in [-0.2, -0.15) is 10.4 Å². The normalized spacial score (nSPS) is 10.3. The maximum Gasteiger partial charge on any atom is 0.150 e. The molecule has 1 heterocycles. The molecule has 2 rings (SSSR count). The molecule has 0 aliphatic heterocycles. The molecule has 17 heavy (non-hydrogen) atoms. The fraction of sp³-hybridized carbons (Fsp3) is 0.231. The topological polar surface area (TPSA) is 41.6 Å². The van der Waals surface area contributed by atoms with Crippen molar-refractivity contribution in [3.63, 3.8) is 0 Å². The van der Waals surface area contributed by atoms with Crippen LogP contribution < -0.4 is 0 Å². The second-order valence-corrected chi connectivity index (χ2v) is 3.99. The lowest BCUT2D eigenvalue weighted by atomic mass is 10.2. The van der Waals surface area contributed by atoms with Crippen LogP contribution in [0.3, 0.4) is 0 Å². The molecule has 1 aromatic carbocycles. The Morgan fingerprint density at radius 1 is 1.29 bits per heavy atom. The van der Waals surface area contributed by atoms with Crippen LogP contribution in [0, 0.1) is 37.9 Å². The molecule has 0 aliphatic carbocycles. The molecule has 0 saturated carbocycles. The molecule has 0 saturated heterocycles. The molecule has 0 fully saturated rings. The molecule has 4 heteroatoms. The Morgan fingerprint density at radius 2 is 2.00 bits per heavy atom. The van der Waals surface area contributed by atoms with Crippen molar-refractivity contribution in [2.45, 2.75) is 20.8 Å². The Kier molecular flexibility index (Phi) is 2.68. The lowest BCUT2D eigenvalue weighted by Gasteiger charge is -2.06. The van der Waals surface area contributed by atoms with E-state index in [4.69, 9.17) is 5.26 Å². The van der Waals surface area contributed by atoms with Crippen LogP contribution >= 0.6 is 0 Å². The van der Waals surface area contributed by atoms with Crippen molar-refractivity contribution in [1.82, 2.24) is 9.78 Å². The number of nitrogens with zero attached hydrogens (tertiary/aromatic N) is 3. The second-order valence-electron chi connectivity index (χ2n) is 3.99. The third-order valence-corrected chi connectivity index (χ3v) is 2.96. The fourth-order valence-corrected chi connectivity index (χ4v) is 1.70. The van der Waals surface area contributed by atoms with Gasteiger partial charge >= 0.3 is 0 Å². The number of benzene rings is 1. The first-order valence-corrected chi connectivity index (χ1v) is 5.27. The lowest BCUT2D eigenvalue weighted by molar-refractivity contribution is 0.607. The first kappa shape index (κ1) is 11.3. The SMILES string of the molecule is Cc1nn(-c2ccc(C#N)cc2F)c(C)c1C. The van der Waals surface area contributed by atoms with E-state index in [-0.39, 0.29) is 0 Å². The minimum Gasteiger partial charge on any atom is -0.235 e. The summed E-state index contributed by atoms with van der Waals surface area (Å²) in [5.74, 6) is -0.436. The smallest absolute Gasteiger partial charge is 0.150 e. The molecule has 0 radical (unpaired) electrons. The summed E-state index contributed by atoms with van der Waals surface area (Å²) >= 11 is 0. The maximum absolute atomic E-state index is 13.8. The van der Waals surface area contributed by atoms with Gasteiger partial charge in [0.05, 0.1) is 17.3 Å². The van der Waals surface area contributed by atoms with E-state index in [1.54, 1.807) is 16.8 Å². The second kappa shape index (κ2) is 4.02. The molecular weight excluding hydrogens is 217 g/mol. The molecule has 0 bridgehead atoms. The average Bonchev–Trinajstić information content (AvgIpc) is 2.57. The molecule has 2 aromatic rings. The Labute approximate surface area is 99.1 Å². The third-order valence-electron chi connectivity index (χ3n) is 2.96. The number of hydrogen-bond donors (Lipinski definition) is 0. The van der Waals surface area contributed by atoms with Gasteiger partial charge in [-0.05, 0) is 44.5 Å². The quantitative estimate of drug-likeness (QED) is 0.754. The molecule has 0 aliphatic rings. The van der Waals surface area contributed by atoms with Gasteiger partial charge < -0.3 is 0 Å². The van der Waals surface area contributed by atoms with E-state index < -0.39 is 5.82 Å². The Bertz CT molecular complexity index is 620. The number of rotatable bonds is 1. The first-order valence-electron chi connectivity index (χ1n) is 5.27. The number of aromatic nitrogens is 2.